The summed E-state index contributed by atoms with van der Waals surface area (Å²) in [5, 5.41) is 3.53. The monoisotopic (exact) mass is 170 g/mol. The summed E-state index contributed by atoms with van der Waals surface area (Å²) in [6.07, 6.45) is 4.09. The Kier molecular flexibility index (Phi) is 4.02. The number of hydrogen-bond donors (Lipinski definition) is 1. The summed E-state index contributed by atoms with van der Waals surface area (Å²) in [5.41, 5.74) is 0. The van der Waals surface area contributed by atoms with Gasteiger partial charge in [-0.15, -0.1) is 0 Å². The molecule has 0 heterocycles. The van der Waals surface area contributed by atoms with E-state index in [9.17, 15) is 0 Å². The van der Waals surface area contributed by atoms with Crippen molar-refractivity contribution in [2.24, 2.45) is 0 Å². The molecule has 0 aromatic carbocycles. The largest absolute Gasteiger partial charge is 0.314 e. The van der Waals surface area contributed by atoms with Gasteiger partial charge in [0.05, 0.1) is 0 Å². The molecule has 1 saturated carbocycles. The summed E-state index contributed by atoms with van der Waals surface area (Å²) in [7, 11) is 2.24. The molecule has 1 aliphatic rings. The first kappa shape index (κ1) is 10.0. The Balaban J connectivity index is 2.25. The third-order valence-electron chi connectivity index (χ3n) is 3.02. The van der Waals surface area contributed by atoms with E-state index in [0.717, 1.165) is 18.6 Å². The number of hydrogen-bond acceptors (Lipinski definition) is 2. The van der Waals surface area contributed by atoms with Crippen LogP contribution in [0.1, 0.15) is 33.1 Å². The van der Waals surface area contributed by atoms with Gasteiger partial charge in [0.2, 0.25) is 0 Å². The highest BCUT2D eigenvalue weighted by Gasteiger charge is 2.25. The fraction of sp³-hybridized carbons (Fsp3) is 1.00. The summed E-state index contributed by atoms with van der Waals surface area (Å²) in [4.78, 5) is 2.47. The molecule has 0 aromatic heterocycles. The molecule has 0 saturated heterocycles. The van der Waals surface area contributed by atoms with Gasteiger partial charge < -0.3 is 10.2 Å². The van der Waals surface area contributed by atoms with Crippen LogP contribution in [0.5, 0.6) is 0 Å². The average Bonchev–Trinajstić information content (AvgIpc) is 2.52. The summed E-state index contributed by atoms with van der Waals surface area (Å²) in [6.45, 7) is 6.73. The van der Waals surface area contributed by atoms with Crippen LogP contribution in [0.15, 0.2) is 0 Å². The third kappa shape index (κ3) is 2.46. The first-order valence-electron chi connectivity index (χ1n) is 5.21. The highest BCUT2D eigenvalue weighted by atomic mass is 15.1. The number of rotatable bonds is 4. The summed E-state index contributed by atoms with van der Waals surface area (Å²) >= 11 is 0. The summed E-state index contributed by atoms with van der Waals surface area (Å²) < 4.78 is 0. The van der Waals surface area contributed by atoms with Crippen LogP contribution in [0.2, 0.25) is 0 Å². The lowest BCUT2D eigenvalue weighted by Gasteiger charge is -2.22. The lowest BCUT2D eigenvalue weighted by molar-refractivity contribution is 0.254. The molecule has 0 aromatic rings. The van der Waals surface area contributed by atoms with E-state index in [4.69, 9.17) is 0 Å². The molecular formula is C10H22N2. The van der Waals surface area contributed by atoms with Crippen molar-refractivity contribution in [1.29, 1.82) is 0 Å². The molecule has 0 bridgehead atoms. The minimum absolute atomic E-state index is 0.786. The van der Waals surface area contributed by atoms with Crippen LogP contribution in [0.4, 0.5) is 0 Å². The molecule has 1 N–H and O–H groups in total. The van der Waals surface area contributed by atoms with E-state index in [1.807, 2.05) is 0 Å². The van der Waals surface area contributed by atoms with E-state index in [0.29, 0.717) is 0 Å². The smallest absolute Gasteiger partial charge is 0.0107 e. The normalized spacial score (nSPS) is 30.0. The van der Waals surface area contributed by atoms with E-state index in [-0.39, 0.29) is 0 Å². The van der Waals surface area contributed by atoms with Crippen molar-refractivity contribution in [3.8, 4) is 0 Å². The van der Waals surface area contributed by atoms with Crippen molar-refractivity contribution >= 4 is 0 Å². The molecule has 1 rings (SSSR count). The van der Waals surface area contributed by atoms with Crippen molar-refractivity contribution in [2.75, 3.05) is 20.1 Å². The molecule has 2 atom stereocenters. The van der Waals surface area contributed by atoms with E-state index < -0.39 is 0 Å². The molecule has 0 radical (unpaired) electrons. The number of nitrogens with zero attached hydrogens (tertiary/aromatic N) is 1. The first-order valence-corrected chi connectivity index (χ1v) is 5.21. The average molecular weight is 170 g/mol. The van der Waals surface area contributed by atoms with Gasteiger partial charge in [-0.05, 0) is 39.4 Å². The van der Waals surface area contributed by atoms with Gasteiger partial charge in [0.1, 0.15) is 0 Å². The zero-order valence-electron chi connectivity index (χ0n) is 8.64. The second-order valence-corrected chi connectivity index (χ2v) is 3.79. The Morgan fingerprint density at radius 1 is 1.33 bits per heavy atom. The minimum Gasteiger partial charge on any atom is -0.314 e. The zero-order valence-corrected chi connectivity index (χ0v) is 8.64. The highest BCUT2D eigenvalue weighted by molar-refractivity contribution is 4.84. The molecule has 1 aliphatic carbocycles. The van der Waals surface area contributed by atoms with Crippen LogP contribution in [-0.4, -0.2) is 37.1 Å². The molecule has 2 heteroatoms. The molecule has 12 heavy (non-hydrogen) atoms. The standard InChI is InChI=1S/C10H22N2/c1-4-11-9-6-7-10(8-9)12(3)5-2/h9-11H,4-8H2,1-3H3. The van der Waals surface area contributed by atoms with E-state index >= 15 is 0 Å². The van der Waals surface area contributed by atoms with Gasteiger partial charge in [-0.25, -0.2) is 0 Å². The van der Waals surface area contributed by atoms with Crippen LogP contribution in [-0.2, 0) is 0 Å². The minimum atomic E-state index is 0.786. The maximum Gasteiger partial charge on any atom is 0.0107 e. The fourth-order valence-electron chi connectivity index (χ4n) is 2.09. The molecule has 0 aliphatic heterocycles. The van der Waals surface area contributed by atoms with Crippen LogP contribution >= 0.6 is 0 Å². The van der Waals surface area contributed by atoms with E-state index in [1.165, 1.54) is 25.8 Å². The van der Waals surface area contributed by atoms with Gasteiger partial charge in [0, 0.05) is 12.1 Å². The van der Waals surface area contributed by atoms with Crippen molar-refractivity contribution in [3.05, 3.63) is 0 Å². The molecule has 0 amide bonds. The Bertz CT molecular complexity index is 125. The molecule has 1 fully saturated rings. The van der Waals surface area contributed by atoms with Gasteiger partial charge in [0.25, 0.3) is 0 Å². The maximum atomic E-state index is 3.53. The van der Waals surface area contributed by atoms with Gasteiger partial charge >= 0.3 is 0 Å². The fourth-order valence-corrected chi connectivity index (χ4v) is 2.09. The van der Waals surface area contributed by atoms with Gasteiger partial charge in [-0.1, -0.05) is 13.8 Å². The molecule has 2 unspecified atom stereocenters. The lowest BCUT2D eigenvalue weighted by Crippen LogP contribution is -2.32. The Morgan fingerprint density at radius 2 is 2.08 bits per heavy atom. The second kappa shape index (κ2) is 4.83. The maximum absolute atomic E-state index is 3.53. The van der Waals surface area contributed by atoms with Crippen molar-refractivity contribution in [2.45, 2.75) is 45.2 Å². The molecular weight excluding hydrogens is 148 g/mol. The quantitative estimate of drug-likeness (QED) is 0.687. The molecule has 2 nitrogen and oxygen atoms in total. The Hall–Kier alpha value is -0.0800. The van der Waals surface area contributed by atoms with E-state index in [1.54, 1.807) is 0 Å². The third-order valence-corrected chi connectivity index (χ3v) is 3.02. The summed E-state index contributed by atoms with van der Waals surface area (Å²) in [5.74, 6) is 0. The van der Waals surface area contributed by atoms with Crippen molar-refractivity contribution in [1.82, 2.24) is 10.2 Å². The topological polar surface area (TPSA) is 15.3 Å². The van der Waals surface area contributed by atoms with Crippen LogP contribution in [0, 0.1) is 0 Å². The van der Waals surface area contributed by atoms with Crippen molar-refractivity contribution in [3.63, 3.8) is 0 Å². The van der Waals surface area contributed by atoms with Gasteiger partial charge in [0.15, 0.2) is 0 Å². The first-order chi connectivity index (χ1) is 5.77. The van der Waals surface area contributed by atoms with Crippen LogP contribution in [0.25, 0.3) is 0 Å². The van der Waals surface area contributed by atoms with E-state index in [2.05, 4.69) is 31.1 Å². The zero-order chi connectivity index (χ0) is 8.97. The number of nitrogens with one attached hydrogen (secondary N) is 1. The molecule has 72 valence electrons. The Morgan fingerprint density at radius 3 is 2.67 bits per heavy atom. The van der Waals surface area contributed by atoms with Crippen LogP contribution in [0.3, 0.4) is 0 Å². The van der Waals surface area contributed by atoms with Crippen LogP contribution < -0.4 is 5.32 Å². The Labute approximate surface area is 76.3 Å². The second-order valence-electron chi connectivity index (χ2n) is 3.79. The lowest BCUT2D eigenvalue weighted by atomic mass is 10.2. The molecule has 0 spiro atoms. The summed E-state index contributed by atoms with van der Waals surface area (Å²) in [6, 6.07) is 1.62. The SMILES string of the molecule is CCNC1CCC(N(C)CC)C1. The van der Waals surface area contributed by atoms with Gasteiger partial charge in [-0.2, -0.15) is 0 Å². The van der Waals surface area contributed by atoms with Gasteiger partial charge in [-0.3, -0.25) is 0 Å². The predicted octanol–water partition coefficient (Wildman–Crippen LogP) is 1.47. The predicted molar refractivity (Wildman–Crippen MR) is 53.4 cm³/mol. The highest BCUT2D eigenvalue weighted by Crippen LogP contribution is 2.22. The van der Waals surface area contributed by atoms with Crippen molar-refractivity contribution < 1.29 is 0 Å².